The predicted molar refractivity (Wildman–Crippen MR) is 176 cm³/mol. The minimum atomic E-state index is -1.49. The van der Waals surface area contributed by atoms with E-state index < -0.39 is 65.5 Å². The summed E-state index contributed by atoms with van der Waals surface area (Å²) in [4.78, 5) is 98.3. The maximum Gasteiger partial charge on any atom is 0.312 e. The molecule has 7 N–H and O–H groups in total. The fraction of sp³-hybridized carbons (Fsp3) is 0.515. The number of nitrogens with zero attached hydrogens (tertiary/aromatic N) is 1. The number of urea groups is 1. The quantitative estimate of drug-likeness (QED) is 0.0618. The Labute approximate surface area is 284 Å². The highest BCUT2D eigenvalue weighted by Crippen LogP contribution is 2.22. The predicted octanol–water partition coefficient (Wildman–Crippen LogP) is 1.48. The first-order valence-electron chi connectivity index (χ1n) is 16.1. The molecule has 1 aromatic rings. The molecule has 1 heterocycles. The van der Waals surface area contributed by atoms with E-state index in [2.05, 4.69) is 21.3 Å². The lowest BCUT2D eigenvalue weighted by Gasteiger charge is -2.23. The second kappa shape index (κ2) is 19.5. The van der Waals surface area contributed by atoms with Gasteiger partial charge in [0.2, 0.25) is 17.7 Å². The van der Waals surface area contributed by atoms with Gasteiger partial charge in [-0.25, -0.2) is 4.79 Å². The van der Waals surface area contributed by atoms with Crippen LogP contribution >= 0.6 is 0 Å². The van der Waals surface area contributed by atoms with E-state index in [1.807, 2.05) is 6.92 Å². The number of esters is 1. The van der Waals surface area contributed by atoms with Crippen molar-refractivity contribution in [3.63, 3.8) is 0 Å². The molecule has 1 aliphatic heterocycles. The summed E-state index contributed by atoms with van der Waals surface area (Å²) in [6.45, 7) is 5.81. The van der Waals surface area contributed by atoms with Crippen LogP contribution in [0.2, 0.25) is 0 Å². The summed E-state index contributed by atoms with van der Waals surface area (Å²) in [7, 11) is 0. The van der Waals surface area contributed by atoms with Gasteiger partial charge in [0.1, 0.15) is 18.7 Å². The topological polar surface area (TPSA) is 243 Å². The maximum absolute atomic E-state index is 13.3. The van der Waals surface area contributed by atoms with Crippen LogP contribution in [0.1, 0.15) is 77.7 Å². The highest BCUT2D eigenvalue weighted by Gasteiger charge is 2.29. The number of carbonyl (C=O) groups excluding carboxylic acids is 7. The highest BCUT2D eigenvalue weighted by molar-refractivity contribution is 6.12. The van der Waals surface area contributed by atoms with Gasteiger partial charge >= 0.3 is 18.0 Å². The Morgan fingerprint density at radius 2 is 1.55 bits per heavy atom. The Hall–Kier alpha value is -5.28. The summed E-state index contributed by atoms with van der Waals surface area (Å²) in [5.74, 6) is -4.61. The number of benzene rings is 1. The molecular weight excluding hydrogens is 640 g/mol. The molecule has 0 aromatic heterocycles. The van der Waals surface area contributed by atoms with E-state index in [1.165, 1.54) is 12.2 Å². The zero-order chi connectivity index (χ0) is 36.6. The zero-order valence-corrected chi connectivity index (χ0v) is 28.0. The molecule has 2 rings (SSSR count). The molecule has 0 fully saturated rings. The number of carbonyl (C=O) groups is 8. The van der Waals surface area contributed by atoms with E-state index in [4.69, 9.17) is 10.5 Å². The lowest BCUT2D eigenvalue weighted by Crippen LogP contribution is -2.53. The monoisotopic (exact) mass is 686 g/mol. The van der Waals surface area contributed by atoms with Crippen molar-refractivity contribution in [2.45, 2.75) is 90.8 Å². The number of primary amides is 1. The zero-order valence-electron chi connectivity index (χ0n) is 28.0. The van der Waals surface area contributed by atoms with Gasteiger partial charge in [-0.2, -0.15) is 0 Å². The fourth-order valence-electron chi connectivity index (χ4n) is 4.50. The van der Waals surface area contributed by atoms with Gasteiger partial charge in [0.05, 0.1) is 11.8 Å². The number of carboxylic acids is 1. The molecule has 2 atom stereocenters. The normalized spacial score (nSPS) is 13.7. The molecule has 0 saturated carbocycles. The van der Waals surface area contributed by atoms with Crippen molar-refractivity contribution in [1.82, 2.24) is 20.9 Å². The van der Waals surface area contributed by atoms with E-state index in [1.54, 1.807) is 38.1 Å². The third kappa shape index (κ3) is 14.2. The SMILES string of the molecule is CCC(C)(C)C(=O)OCc1ccc(NC(=O)[C@H](CCCNC(N)=O)NC(=O)[C@H](CC(=O)O)NC(=O)CCCCCN2C(=O)C=CC2=O)cc1. The van der Waals surface area contributed by atoms with E-state index in [9.17, 15) is 43.5 Å². The molecular formula is C33H46N6O10. The molecule has 49 heavy (non-hydrogen) atoms. The van der Waals surface area contributed by atoms with Crippen molar-refractivity contribution in [1.29, 1.82) is 0 Å². The molecule has 1 aliphatic rings. The number of ether oxygens (including phenoxy) is 1. The standard InChI is InChI=1S/C33H46N6O10/c1-4-33(2,3)31(47)49-20-21-11-13-22(14-12-21)36-29(45)23(9-8-17-35-32(34)48)38-30(46)24(19-28(43)44)37-25(40)10-6-5-7-18-39-26(41)15-16-27(39)42/h11-16,23-24H,4-10,17-20H2,1-3H3,(H,36,45)(H,37,40)(H,38,46)(H,43,44)(H3,34,35,48)/t23-,24-/m0/s1. The molecule has 0 aliphatic carbocycles. The molecule has 16 nitrogen and oxygen atoms in total. The molecule has 0 radical (unpaired) electrons. The Bertz CT molecular complexity index is 1390. The summed E-state index contributed by atoms with van der Waals surface area (Å²) in [5, 5.41) is 19.4. The third-order valence-electron chi connectivity index (χ3n) is 7.85. The van der Waals surface area contributed by atoms with Crippen LogP contribution in [0.5, 0.6) is 0 Å². The fourth-order valence-corrected chi connectivity index (χ4v) is 4.50. The van der Waals surface area contributed by atoms with Crippen molar-refractivity contribution in [3.05, 3.63) is 42.0 Å². The summed E-state index contributed by atoms with van der Waals surface area (Å²) < 4.78 is 5.38. The first kappa shape index (κ1) is 39.9. The summed E-state index contributed by atoms with van der Waals surface area (Å²) in [6.07, 6.45) is 3.75. The van der Waals surface area contributed by atoms with Crippen LogP contribution in [0.15, 0.2) is 36.4 Å². The van der Waals surface area contributed by atoms with Gasteiger partial charge < -0.3 is 36.8 Å². The van der Waals surface area contributed by atoms with Gasteiger partial charge in [0, 0.05) is 37.3 Å². The number of nitrogens with one attached hydrogen (secondary N) is 4. The first-order valence-corrected chi connectivity index (χ1v) is 16.1. The van der Waals surface area contributed by atoms with Crippen LogP contribution in [-0.2, 0) is 44.9 Å². The van der Waals surface area contributed by atoms with Crippen LogP contribution in [0.4, 0.5) is 10.5 Å². The number of rotatable bonds is 21. The average Bonchev–Trinajstić information content (AvgIpc) is 3.36. The number of hydrogen-bond acceptors (Lipinski definition) is 9. The minimum Gasteiger partial charge on any atom is -0.481 e. The molecule has 0 spiro atoms. The number of carboxylic acid groups (broad SMARTS) is 1. The molecule has 0 saturated heterocycles. The molecule has 7 amide bonds. The number of anilines is 1. The first-order chi connectivity index (χ1) is 23.1. The van der Waals surface area contributed by atoms with E-state index in [0.29, 0.717) is 36.9 Å². The van der Waals surface area contributed by atoms with Crippen LogP contribution in [0.25, 0.3) is 0 Å². The van der Waals surface area contributed by atoms with E-state index in [0.717, 1.165) is 4.90 Å². The van der Waals surface area contributed by atoms with Gasteiger partial charge in [0.15, 0.2) is 0 Å². The van der Waals surface area contributed by atoms with Gasteiger partial charge in [0.25, 0.3) is 11.8 Å². The van der Waals surface area contributed by atoms with Crippen molar-refractivity contribution in [2.24, 2.45) is 11.1 Å². The number of aliphatic carboxylic acids is 1. The largest absolute Gasteiger partial charge is 0.481 e. The van der Waals surface area contributed by atoms with Gasteiger partial charge in [-0.05, 0) is 63.6 Å². The summed E-state index contributed by atoms with van der Waals surface area (Å²) in [6, 6.07) is 3.05. The number of nitrogens with two attached hydrogens (primary N) is 1. The third-order valence-corrected chi connectivity index (χ3v) is 7.85. The number of amides is 7. The number of hydrogen-bond donors (Lipinski definition) is 6. The Kier molecular flexibility index (Phi) is 15.9. The smallest absolute Gasteiger partial charge is 0.312 e. The van der Waals surface area contributed by atoms with Crippen LogP contribution < -0.4 is 27.0 Å². The second-order valence-corrected chi connectivity index (χ2v) is 12.2. The molecule has 0 bridgehead atoms. The average molecular weight is 687 g/mol. The van der Waals surface area contributed by atoms with Crippen LogP contribution in [0.3, 0.4) is 0 Å². The van der Waals surface area contributed by atoms with Gasteiger partial charge in [-0.15, -0.1) is 0 Å². The highest BCUT2D eigenvalue weighted by atomic mass is 16.5. The van der Waals surface area contributed by atoms with Crippen molar-refractivity contribution in [3.8, 4) is 0 Å². The minimum absolute atomic E-state index is 0.0321. The van der Waals surface area contributed by atoms with E-state index in [-0.39, 0.29) is 44.9 Å². The van der Waals surface area contributed by atoms with Gasteiger partial charge in [-0.3, -0.25) is 38.5 Å². The second-order valence-electron chi connectivity index (χ2n) is 12.2. The molecule has 268 valence electrons. The van der Waals surface area contributed by atoms with Crippen LogP contribution in [0, 0.1) is 5.41 Å². The lowest BCUT2D eigenvalue weighted by atomic mass is 9.91. The Morgan fingerprint density at radius 3 is 2.14 bits per heavy atom. The molecule has 0 unspecified atom stereocenters. The summed E-state index contributed by atoms with van der Waals surface area (Å²) >= 11 is 0. The molecule has 16 heteroatoms. The Balaban J connectivity index is 1.99. The summed E-state index contributed by atoms with van der Waals surface area (Å²) in [5.41, 5.74) is 5.53. The maximum atomic E-state index is 13.3. The Morgan fingerprint density at radius 1 is 0.898 bits per heavy atom. The van der Waals surface area contributed by atoms with Crippen molar-refractivity contribution >= 4 is 53.2 Å². The van der Waals surface area contributed by atoms with Gasteiger partial charge in [-0.1, -0.05) is 25.5 Å². The lowest BCUT2D eigenvalue weighted by molar-refractivity contribution is -0.155. The van der Waals surface area contributed by atoms with E-state index >= 15 is 0 Å². The van der Waals surface area contributed by atoms with Crippen molar-refractivity contribution < 1.29 is 48.2 Å². The molecule has 1 aromatic carbocycles. The van der Waals surface area contributed by atoms with Crippen LogP contribution in [-0.4, -0.2) is 82.7 Å². The number of imide groups is 1. The van der Waals surface area contributed by atoms with Crippen molar-refractivity contribution in [2.75, 3.05) is 18.4 Å². The number of unbranched alkanes of at least 4 members (excludes halogenated alkanes) is 2.